The summed E-state index contributed by atoms with van der Waals surface area (Å²) in [5.74, 6) is -0.235. The van der Waals surface area contributed by atoms with E-state index in [0.29, 0.717) is 18.0 Å². The molecule has 3 fully saturated rings. The van der Waals surface area contributed by atoms with E-state index in [1.807, 2.05) is 0 Å². The maximum atomic E-state index is 11.8. The summed E-state index contributed by atoms with van der Waals surface area (Å²) >= 11 is 3.64. The van der Waals surface area contributed by atoms with Gasteiger partial charge in [-0.15, -0.1) is 0 Å². The molecule has 3 rings (SSSR count). The van der Waals surface area contributed by atoms with Crippen LogP contribution in [0.5, 0.6) is 0 Å². The average molecular weight is 291 g/mol. The predicted octanol–water partition coefficient (Wildman–Crippen LogP) is 1.32. The maximum Gasteiger partial charge on any atom is 0.309 e. The summed E-state index contributed by atoms with van der Waals surface area (Å²) < 4.78 is 16.4. The van der Waals surface area contributed by atoms with E-state index in [-0.39, 0.29) is 23.7 Å². The second-order valence-corrected chi connectivity index (χ2v) is 5.96. The first-order chi connectivity index (χ1) is 7.68. The molecule has 0 aromatic heterocycles. The van der Waals surface area contributed by atoms with E-state index < -0.39 is 5.79 Å². The van der Waals surface area contributed by atoms with Crippen molar-refractivity contribution in [1.82, 2.24) is 0 Å². The number of methoxy groups -OCH3 is 1. The van der Waals surface area contributed by atoms with Crippen molar-refractivity contribution in [1.29, 1.82) is 0 Å². The lowest BCUT2D eigenvalue weighted by Gasteiger charge is -2.33. The standard InChI is InChI=1S/C11H15BrO4/c1-14-10(13)9-6-5-11(15-2-3-16-11)7(9)4-8(6)12/h6-9H,2-5H2,1H3. The largest absolute Gasteiger partial charge is 0.469 e. The Bertz CT molecular complexity index is 313. The zero-order valence-corrected chi connectivity index (χ0v) is 10.7. The van der Waals surface area contributed by atoms with E-state index in [4.69, 9.17) is 14.2 Å². The third-order valence-corrected chi connectivity index (χ3v) is 5.23. The summed E-state index contributed by atoms with van der Waals surface area (Å²) in [7, 11) is 1.45. The number of alkyl halides is 1. The van der Waals surface area contributed by atoms with E-state index >= 15 is 0 Å². The predicted molar refractivity (Wildman–Crippen MR) is 59.1 cm³/mol. The molecule has 2 saturated carbocycles. The SMILES string of the molecule is COC(=O)C1C2CC3(OCCO3)C1CC2Br. The average Bonchev–Trinajstić information content (AvgIpc) is 2.93. The third kappa shape index (κ3) is 1.31. The molecule has 90 valence electrons. The summed E-state index contributed by atoms with van der Waals surface area (Å²) in [5.41, 5.74) is 0. The second-order valence-electron chi connectivity index (χ2n) is 4.78. The van der Waals surface area contributed by atoms with Gasteiger partial charge in [-0.05, 0) is 12.3 Å². The fourth-order valence-electron chi connectivity index (χ4n) is 3.55. The van der Waals surface area contributed by atoms with Gasteiger partial charge in [-0.2, -0.15) is 0 Å². The van der Waals surface area contributed by atoms with Crippen LogP contribution in [0, 0.1) is 17.8 Å². The highest BCUT2D eigenvalue weighted by atomic mass is 79.9. The lowest BCUT2D eigenvalue weighted by molar-refractivity contribution is -0.195. The van der Waals surface area contributed by atoms with Crippen molar-refractivity contribution in [2.75, 3.05) is 20.3 Å². The number of halogens is 1. The Morgan fingerprint density at radius 3 is 2.75 bits per heavy atom. The van der Waals surface area contributed by atoms with Crippen LogP contribution in [0.2, 0.25) is 0 Å². The molecule has 16 heavy (non-hydrogen) atoms. The minimum atomic E-state index is -0.492. The van der Waals surface area contributed by atoms with Gasteiger partial charge in [0.25, 0.3) is 0 Å². The van der Waals surface area contributed by atoms with Crippen LogP contribution in [0.1, 0.15) is 12.8 Å². The van der Waals surface area contributed by atoms with E-state index in [2.05, 4.69) is 15.9 Å². The molecule has 0 aromatic carbocycles. The smallest absolute Gasteiger partial charge is 0.309 e. The van der Waals surface area contributed by atoms with E-state index in [0.717, 1.165) is 12.8 Å². The van der Waals surface area contributed by atoms with Gasteiger partial charge < -0.3 is 14.2 Å². The van der Waals surface area contributed by atoms with Gasteiger partial charge in [0.05, 0.1) is 26.2 Å². The molecule has 5 heteroatoms. The van der Waals surface area contributed by atoms with E-state index in [9.17, 15) is 4.79 Å². The topological polar surface area (TPSA) is 44.8 Å². The van der Waals surface area contributed by atoms with Crippen LogP contribution in [-0.4, -0.2) is 36.9 Å². The Morgan fingerprint density at radius 1 is 1.44 bits per heavy atom. The van der Waals surface area contributed by atoms with E-state index in [1.165, 1.54) is 7.11 Å². The van der Waals surface area contributed by atoms with Crippen molar-refractivity contribution < 1.29 is 19.0 Å². The lowest BCUT2D eigenvalue weighted by Crippen LogP contribution is -2.39. The normalized spacial score (nSPS) is 44.1. The molecule has 2 bridgehead atoms. The van der Waals surface area contributed by atoms with Gasteiger partial charge in [-0.1, -0.05) is 15.9 Å². The molecule has 4 nitrogen and oxygen atoms in total. The minimum absolute atomic E-state index is 0.0625. The van der Waals surface area contributed by atoms with Crippen molar-refractivity contribution in [2.24, 2.45) is 17.8 Å². The summed E-state index contributed by atoms with van der Waals surface area (Å²) in [6, 6.07) is 0. The quantitative estimate of drug-likeness (QED) is 0.540. The monoisotopic (exact) mass is 290 g/mol. The van der Waals surface area contributed by atoms with Crippen LogP contribution in [0.3, 0.4) is 0 Å². The van der Waals surface area contributed by atoms with Crippen LogP contribution in [-0.2, 0) is 19.0 Å². The van der Waals surface area contributed by atoms with Crippen LogP contribution < -0.4 is 0 Å². The third-order valence-electron chi connectivity index (χ3n) is 4.17. The van der Waals surface area contributed by atoms with Gasteiger partial charge in [0.15, 0.2) is 5.79 Å². The Morgan fingerprint density at radius 2 is 2.12 bits per heavy atom. The molecule has 1 saturated heterocycles. The number of fused-ring (bicyclic) bond motifs is 3. The van der Waals surface area contributed by atoms with Gasteiger partial charge in [0.2, 0.25) is 0 Å². The molecular weight excluding hydrogens is 276 g/mol. The van der Waals surface area contributed by atoms with E-state index in [1.54, 1.807) is 0 Å². The van der Waals surface area contributed by atoms with Crippen molar-refractivity contribution >= 4 is 21.9 Å². The first kappa shape index (κ1) is 11.0. The number of ether oxygens (including phenoxy) is 3. The van der Waals surface area contributed by atoms with Gasteiger partial charge in [-0.3, -0.25) is 4.79 Å². The zero-order valence-electron chi connectivity index (χ0n) is 9.15. The molecular formula is C11H15BrO4. The Labute approximate surface area is 103 Å². The van der Waals surface area contributed by atoms with Crippen molar-refractivity contribution in [3.05, 3.63) is 0 Å². The summed E-state index contributed by atoms with van der Waals surface area (Å²) in [6.07, 6.45) is 1.75. The Hall–Kier alpha value is -0.130. The summed E-state index contributed by atoms with van der Waals surface area (Å²) in [6.45, 7) is 1.29. The molecule has 1 aliphatic heterocycles. The number of carbonyl (C=O) groups excluding carboxylic acids is 1. The highest BCUT2D eigenvalue weighted by Gasteiger charge is 2.65. The number of carbonyl (C=O) groups is 1. The van der Waals surface area contributed by atoms with Crippen LogP contribution in [0.15, 0.2) is 0 Å². The van der Waals surface area contributed by atoms with Crippen LogP contribution in [0.25, 0.3) is 0 Å². The molecule has 3 aliphatic rings. The fraction of sp³-hybridized carbons (Fsp3) is 0.909. The van der Waals surface area contributed by atoms with Crippen molar-refractivity contribution in [2.45, 2.75) is 23.5 Å². The molecule has 2 aliphatic carbocycles. The number of rotatable bonds is 1. The molecule has 0 radical (unpaired) electrons. The molecule has 1 spiro atoms. The first-order valence-corrected chi connectivity index (χ1v) is 6.59. The Balaban J connectivity index is 1.89. The van der Waals surface area contributed by atoms with Crippen molar-refractivity contribution in [3.63, 3.8) is 0 Å². The first-order valence-electron chi connectivity index (χ1n) is 5.68. The van der Waals surface area contributed by atoms with Crippen LogP contribution >= 0.6 is 15.9 Å². The lowest BCUT2D eigenvalue weighted by atomic mass is 9.93. The van der Waals surface area contributed by atoms with Gasteiger partial charge >= 0.3 is 5.97 Å². The van der Waals surface area contributed by atoms with Crippen LogP contribution in [0.4, 0.5) is 0 Å². The number of esters is 1. The fourth-order valence-corrected chi connectivity index (χ4v) is 4.47. The van der Waals surface area contributed by atoms with Gasteiger partial charge in [0.1, 0.15) is 0 Å². The molecule has 1 heterocycles. The highest BCUT2D eigenvalue weighted by Crippen LogP contribution is 2.60. The van der Waals surface area contributed by atoms with Crippen molar-refractivity contribution in [3.8, 4) is 0 Å². The maximum absolute atomic E-state index is 11.8. The number of hydrogen-bond acceptors (Lipinski definition) is 4. The summed E-state index contributed by atoms with van der Waals surface area (Å²) in [4.78, 5) is 12.2. The molecule has 0 amide bonds. The van der Waals surface area contributed by atoms with Gasteiger partial charge in [-0.25, -0.2) is 0 Å². The Kier molecular flexibility index (Phi) is 2.53. The molecule has 0 aromatic rings. The zero-order chi connectivity index (χ0) is 11.3. The molecule has 0 N–H and O–H groups in total. The number of hydrogen-bond donors (Lipinski definition) is 0. The molecule has 4 unspecified atom stereocenters. The highest BCUT2D eigenvalue weighted by molar-refractivity contribution is 9.09. The summed E-state index contributed by atoms with van der Waals surface area (Å²) in [5, 5.41) is 0. The minimum Gasteiger partial charge on any atom is -0.469 e. The molecule has 4 atom stereocenters. The van der Waals surface area contributed by atoms with Gasteiger partial charge in [0, 0.05) is 17.2 Å². The second kappa shape index (κ2) is 3.68.